The highest BCUT2D eigenvalue weighted by atomic mass is 16.6. The normalized spacial score (nSPS) is 11.6. The Kier molecular flexibility index (Phi) is 5.16. The minimum Gasteiger partial charge on any atom is -0.345 e. The Morgan fingerprint density at radius 1 is 1.29 bits per heavy atom. The van der Waals surface area contributed by atoms with Crippen LogP contribution in [0.15, 0.2) is 30.3 Å². The number of hydrogen-bond donors (Lipinski definition) is 2. The summed E-state index contributed by atoms with van der Waals surface area (Å²) >= 11 is 0. The molecule has 17 heavy (non-hydrogen) atoms. The third-order valence-electron chi connectivity index (χ3n) is 2.07. The average molecular weight is 236 g/mol. The Balaban J connectivity index is 2.27. The lowest BCUT2D eigenvalue weighted by Crippen LogP contribution is -2.43. The average Bonchev–Trinajstić information content (AvgIpc) is 2.29. The quantitative estimate of drug-likeness (QED) is 0.742. The van der Waals surface area contributed by atoms with Crippen LogP contribution in [-0.2, 0) is 21.0 Å². The van der Waals surface area contributed by atoms with Crippen LogP contribution in [0.1, 0.15) is 19.4 Å². The first kappa shape index (κ1) is 13.2. The first-order valence-corrected chi connectivity index (χ1v) is 5.32. The molecule has 1 atom stereocenters. The van der Waals surface area contributed by atoms with Crippen LogP contribution in [0, 0.1) is 0 Å². The summed E-state index contributed by atoms with van der Waals surface area (Å²) in [5.74, 6) is -0.633. The molecule has 0 fully saturated rings. The van der Waals surface area contributed by atoms with E-state index in [1.807, 2.05) is 30.3 Å². The van der Waals surface area contributed by atoms with Crippen molar-refractivity contribution in [2.75, 3.05) is 0 Å². The molecule has 5 nitrogen and oxygen atoms in total. The monoisotopic (exact) mass is 236 g/mol. The van der Waals surface area contributed by atoms with Gasteiger partial charge in [-0.1, -0.05) is 30.3 Å². The van der Waals surface area contributed by atoms with E-state index in [-0.39, 0.29) is 11.8 Å². The maximum atomic E-state index is 11.4. The highest BCUT2D eigenvalue weighted by Gasteiger charge is 2.13. The molecule has 92 valence electrons. The Morgan fingerprint density at radius 2 is 1.94 bits per heavy atom. The van der Waals surface area contributed by atoms with Crippen molar-refractivity contribution in [2.24, 2.45) is 0 Å². The van der Waals surface area contributed by atoms with Crippen molar-refractivity contribution in [1.29, 1.82) is 0 Å². The van der Waals surface area contributed by atoms with Crippen LogP contribution in [0.2, 0.25) is 0 Å². The second-order valence-corrected chi connectivity index (χ2v) is 3.66. The molecule has 0 bridgehead atoms. The van der Waals surface area contributed by atoms with Crippen molar-refractivity contribution in [3.8, 4) is 0 Å². The van der Waals surface area contributed by atoms with E-state index >= 15 is 0 Å². The summed E-state index contributed by atoms with van der Waals surface area (Å²) in [6.07, 6.45) is 0. The van der Waals surface area contributed by atoms with E-state index in [4.69, 9.17) is 4.84 Å². The lowest BCUT2D eigenvalue weighted by atomic mass is 10.2. The standard InChI is InChI=1S/C12H16N2O3/c1-9(13-10(2)15)12(16)14-17-8-11-6-4-3-5-7-11/h3-7,9H,8H2,1-2H3,(H,13,15)(H,14,16). The zero-order chi connectivity index (χ0) is 12.7. The highest BCUT2D eigenvalue weighted by Crippen LogP contribution is 1.99. The summed E-state index contributed by atoms with van der Waals surface area (Å²) in [7, 11) is 0. The molecule has 2 amide bonds. The van der Waals surface area contributed by atoms with Gasteiger partial charge in [-0.2, -0.15) is 0 Å². The molecule has 0 heterocycles. The Bertz CT molecular complexity index is 379. The van der Waals surface area contributed by atoms with E-state index in [2.05, 4.69) is 10.8 Å². The molecular formula is C12H16N2O3. The van der Waals surface area contributed by atoms with Crippen LogP contribution in [-0.4, -0.2) is 17.9 Å². The summed E-state index contributed by atoms with van der Waals surface area (Å²) in [5, 5.41) is 2.46. The van der Waals surface area contributed by atoms with Gasteiger partial charge in [0, 0.05) is 6.92 Å². The summed E-state index contributed by atoms with van der Waals surface area (Å²) in [5.41, 5.74) is 3.24. The van der Waals surface area contributed by atoms with Crippen LogP contribution in [0.25, 0.3) is 0 Å². The summed E-state index contributed by atoms with van der Waals surface area (Å²) in [4.78, 5) is 27.2. The Hall–Kier alpha value is -1.88. The van der Waals surface area contributed by atoms with Crippen molar-refractivity contribution in [3.63, 3.8) is 0 Å². The molecule has 5 heteroatoms. The predicted molar refractivity (Wildman–Crippen MR) is 62.7 cm³/mol. The van der Waals surface area contributed by atoms with Gasteiger partial charge in [0.1, 0.15) is 6.04 Å². The molecule has 2 N–H and O–H groups in total. The van der Waals surface area contributed by atoms with Crippen LogP contribution in [0.3, 0.4) is 0 Å². The fraction of sp³-hybridized carbons (Fsp3) is 0.333. The van der Waals surface area contributed by atoms with E-state index in [1.54, 1.807) is 6.92 Å². The topological polar surface area (TPSA) is 67.4 Å². The molecule has 1 aromatic rings. The Labute approximate surface area is 100 Å². The van der Waals surface area contributed by atoms with Gasteiger partial charge >= 0.3 is 0 Å². The summed E-state index contributed by atoms with van der Waals surface area (Å²) in [6, 6.07) is 8.86. The predicted octanol–water partition coefficient (Wildman–Crippen LogP) is 0.759. The van der Waals surface area contributed by atoms with E-state index in [9.17, 15) is 9.59 Å². The third-order valence-corrected chi connectivity index (χ3v) is 2.07. The molecule has 0 aliphatic rings. The van der Waals surface area contributed by atoms with E-state index in [0.29, 0.717) is 6.61 Å². The van der Waals surface area contributed by atoms with Crippen molar-refractivity contribution < 1.29 is 14.4 Å². The number of rotatable bonds is 5. The zero-order valence-corrected chi connectivity index (χ0v) is 9.90. The molecule has 1 rings (SSSR count). The lowest BCUT2D eigenvalue weighted by molar-refractivity contribution is -0.138. The first-order valence-electron chi connectivity index (χ1n) is 5.32. The van der Waals surface area contributed by atoms with Crippen molar-refractivity contribution >= 4 is 11.8 Å². The van der Waals surface area contributed by atoms with E-state index in [0.717, 1.165) is 5.56 Å². The zero-order valence-electron chi connectivity index (χ0n) is 9.90. The van der Waals surface area contributed by atoms with Gasteiger partial charge in [-0.15, -0.1) is 0 Å². The van der Waals surface area contributed by atoms with Gasteiger partial charge in [-0.3, -0.25) is 14.4 Å². The number of hydroxylamine groups is 1. The number of carbonyl (C=O) groups excluding carboxylic acids is 2. The minimum atomic E-state index is -0.608. The minimum absolute atomic E-state index is 0.254. The number of amides is 2. The van der Waals surface area contributed by atoms with Crippen LogP contribution >= 0.6 is 0 Å². The lowest BCUT2D eigenvalue weighted by Gasteiger charge is -2.12. The number of carbonyl (C=O) groups is 2. The molecule has 0 saturated carbocycles. The second kappa shape index (κ2) is 6.65. The SMILES string of the molecule is CC(=O)NC(C)C(=O)NOCc1ccccc1. The molecule has 0 spiro atoms. The highest BCUT2D eigenvalue weighted by molar-refractivity contribution is 5.85. The summed E-state index contributed by atoms with van der Waals surface area (Å²) < 4.78 is 0. The Morgan fingerprint density at radius 3 is 2.53 bits per heavy atom. The first-order chi connectivity index (χ1) is 8.09. The van der Waals surface area contributed by atoms with E-state index < -0.39 is 6.04 Å². The molecular weight excluding hydrogens is 220 g/mol. The van der Waals surface area contributed by atoms with Gasteiger partial charge in [-0.25, -0.2) is 5.48 Å². The molecule has 1 unspecified atom stereocenters. The van der Waals surface area contributed by atoms with Crippen LogP contribution in [0.5, 0.6) is 0 Å². The van der Waals surface area contributed by atoms with E-state index in [1.165, 1.54) is 6.92 Å². The van der Waals surface area contributed by atoms with Crippen LogP contribution in [0.4, 0.5) is 0 Å². The van der Waals surface area contributed by atoms with Crippen molar-refractivity contribution in [3.05, 3.63) is 35.9 Å². The smallest absolute Gasteiger partial charge is 0.265 e. The number of hydrogen-bond acceptors (Lipinski definition) is 3. The third kappa shape index (κ3) is 5.12. The van der Waals surface area contributed by atoms with Gasteiger partial charge < -0.3 is 5.32 Å². The van der Waals surface area contributed by atoms with Gasteiger partial charge in [0.05, 0.1) is 6.61 Å². The molecule has 1 aromatic carbocycles. The van der Waals surface area contributed by atoms with Gasteiger partial charge in [-0.05, 0) is 12.5 Å². The number of nitrogens with one attached hydrogen (secondary N) is 2. The van der Waals surface area contributed by atoms with Gasteiger partial charge in [0.15, 0.2) is 0 Å². The van der Waals surface area contributed by atoms with Gasteiger partial charge in [0.2, 0.25) is 5.91 Å². The fourth-order valence-electron chi connectivity index (χ4n) is 1.22. The van der Waals surface area contributed by atoms with Crippen molar-refractivity contribution in [1.82, 2.24) is 10.8 Å². The molecule has 0 aromatic heterocycles. The molecule has 0 aliphatic carbocycles. The molecule has 0 radical (unpaired) electrons. The largest absolute Gasteiger partial charge is 0.345 e. The fourth-order valence-corrected chi connectivity index (χ4v) is 1.22. The second-order valence-electron chi connectivity index (χ2n) is 3.66. The summed E-state index contributed by atoms with van der Waals surface area (Å²) in [6.45, 7) is 3.23. The maximum Gasteiger partial charge on any atom is 0.265 e. The number of benzene rings is 1. The van der Waals surface area contributed by atoms with Crippen molar-refractivity contribution in [2.45, 2.75) is 26.5 Å². The van der Waals surface area contributed by atoms with Crippen LogP contribution < -0.4 is 10.8 Å². The van der Waals surface area contributed by atoms with Gasteiger partial charge in [0.25, 0.3) is 5.91 Å². The molecule has 0 saturated heterocycles. The maximum absolute atomic E-state index is 11.4. The molecule has 0 aliphatic heterocycles.